The molecular formula is C14H15ClFN3. The van der Waals surface area contributed by atoms with Crippen LogP contribution in [0.3, 0.4) is 0 Å². The number of aromatic nitrogens is 1. The van der Waals surface area contributed by atoms with E-state index in [4.69, 9.17) is 17.3 Å². The third kappa shape index (κ3) is 3.43. The number of halogens is 2. The van der Waals surface area contributed by atoms with E-state index in [9.17, 15) is 4.39 Å². The molecule has 2 N–H and O–H groups in total. The van der Waals surface area contributed by atoms with Crippen LogP contribution >= 0.6 is 11.6 Å². The van der Waals surface area contributed by atoms with Crippen LogP contribution < -0.4 is 10.6 Å². The lowest BCUT2D eigenvalue weighted by Gasteiger charge is -2.24. The van der Waals surface area contributed by atoms with Gasteiger partial charge in [0.05, 0.1) is 5.02 Å². The van der Waals surface area contributed by atoms with E-state index in [0.717, 1.165) is 12.1 Å². The summed E-state index contributed by atoms with van der Waals surface area (Å²) < 4.78 is 13.0. The summed E-state index contributed by atoms with van der Waals surface area (Å²) in [6.45, 7) is 1.25. The van der Waals surface area contributed by atoms with Gasteiger partial charge in [-0.15, -0.1) is 0 Å². The molecule has 0 aliphatic carbocycles. The number of anilines is 2. The molecule has 0 radical (unpaired) electrons. The quantitative estimate of drug-likeness (QED) is 0.912. The van der Waals surface area contributed by atoms with Gasteiger partial charge < -0.3 is 10.6 Å². The minimum absolute atomic E-state index is 0.269. The largest absolute Gasteiger partial charge is 0.330 e. The van der Waals surface area contributed by atoms with Gasteiger partial charge in [0.25, 0.3) is 0 Å². The van der Waals surface area contributed by atoms with Crippen molar-refractivity contribution in [2.45, 2.75) is 6.42 Å². The molecule has 0 saturated carbocycles. The van der Waals surface area contributed by atoms with Crippen LogP contribution in [0.2, 0.25) is 5.02 Å². The van der Waals surface area contributed by atoms with Crippen LogP contribution in [0.25, 0.3) is 0 Å². The summed E-state index contributed by atoms with van der Waals surface area (Å²) in [6.07, 6.45) is 2.48. The Morgan fingerprint density at radius 2 is 1.95 bits per heavy atom. The molecule has 5 heteroatoms. The molecule has 0 saturated heterocycles. The van der Waals surface area contributed by atoms with Gasteiger partial charge in [-0.25, -0.2) is 9.37 Å². The Kier molecular flexibility index (Phi) is 4.71. The van der Waals surface area contributed by atoms with Crippen molar-refractivity contribution < 1.29 is 4.39 Å². The Bertz CT molecular complexity index is 530. The standard InChI is InChI=1S/C14H15ClFN3/c15-13-3-1-9-18-14(13)19(10-2-8-17)12-6-4-11(16)5-7-12/h1,3-7,9H,2,8,10,17H2. The Morgan fingerprint density at radius 3 is 2.58 bits per heavy atom. The van der Waals surface area contributed by atoms with Crippen LogP contribution in [0.15, 0.2) is 42.6 Å². The first-order valence-corrected chi connectivity index (χ1v) is 6.44. The summed E-state index contributed by atoms with van der Waals surface area (Å²) in [5.41, 5.74) is 6.40. The van der Waals surface area contributed by atoms with Crippen molar-refractivity contribution in [1.29, 1.82) is 0 Å². The summed E-state index contributed by atoms with van der Waals surface area (Å²) in [7, 11) is 0. The van der Waals surface area contributed by atoms with E-state index < -0.39 is 0 Å². The lowest BCUT2D eigenvalue weighted by molar-refractivity contribution is 0.627. The van der Waals surface area contributed by atoms with E-state index in [0.29, 0.717) is 23.9 Å². The van der Waals surface area contributed by atoms with Crippen LogP contribution in [-0.4, -0.2) is 18.1 Å². The predicted octanol–water partition coefficient (Wildman–Crippen LogP) is 3.36. The van der Waals surface area contributed by atoms with E-state index in [1.807, 2.05) is 4.90 Å². The van der Waals surface area contributed by atoms with Gasteiger partial charge in [-0.3, -0.25) is 0 Å². The molecular weight excluding hydrogens is 265 g/mol. The van der Waals surface area contributed by atoms with Crippen LogP contribution in [0, 0.1) is 5.82 Å². The normalized spacial score (nSPS) is 10.5. The average Bonchev–Trinajstić information content (AvgIpc) is 2.43. The van der Waals surface area contributed by atoms with Crippen molar-refractivity contribution in [2.24, 2.45) is 5.73 Å². The summed E-state index contributed by atoms with van der Waals surface area (Å²) in [4.78, 5) is 6.23. The molecule has 100 valence electrons. The SMILES string of the molecule is NCCCN(c1ccc(F)cc1)c1ncccc1Cl. The Labute approximate surface area is 116 Å². The number of nitrogens with zero attached hydrogens (tertiary/aromatic N) is 2. The van der Waals surface area contributed by atoms with Gasteiger partial charge in [-0.2, -0.15) is 0 Å². The molecule has 1 aromatic carbocycles. The van der Waals surface area contributed by atoms with E-state index in [1.54, 1.807) is 30.5 Å². The third-order valence-corrected chi connectivity index (χ3v) is 3.01. The Hall–Kier alpha value is -1.65. The molecule has 0 fully saturated rings. The molecule has 1 aromatic heterocycles. The minimum Gasteiger partial charge on any atom is -0.330 e. The molecule has 2 rings (SSSR count). The molecule has 1 heterocycles. The van der Waals surface area contributed by atoms with Crippen LogP contribution in [0.5, 0.6) is 0 Å². The van der Waals surface area contributed by atoms with Crippen LogP contribution in [0.1, 0.15) is 6.42 Å². The summed E-state index contributed by atoms with van der Waals surface area (Å²) in [5, 5.41) is 0.559. The van der Waals surface area contributed by atoms with Gasteiger partial charge in [0.15, 0.2) is 5.82 Å². The fourth-order valence-electron chi connectivity index (χ4n) is 1.80. The highest BCUT2D eigenvalue weighted by Crippen LogP contribution is 2.29. The number of pyridine rings is 1. The minimum atomic E-state index is -0.269. The molecule has 0 aliphatic rings. The molecule has 0 aliphatic heterocycles. The Morgan fingerprint density at radius 1 is 1.21 bits per heavy atom. The maximum Gasteiger partial charge on any atom is 0.151 e. The van der Waals surface area contributed by atoms with Gasteiger partial charge in [-0.1, -0.05) is 11.6 Å². The van der Waals surface area contributed by atoms with Crippen molar-refractivity contribution in [3.63, 3.8) is 0 Å². The number of benzene rings is 1. The van der Waals surface area contributed by atoms with E-state index in [1.165, 1.54) is 12.1 Å². The maximum absolute atomic E-state index is 13.0. The monoisotopic (exact) mass is 279 g/mol. The number of nitrogens with two attached hydrogens (primary N) is 1. The molecule has 0 unspecified atom stereocenters. The first kappa shape index (κ1) is 13.8. The number of hydrogen-bond acceptors (Lipinski definition) is 3. The molecule has 19 heavy (non-hydrogen) atoms. The lowest BCUT2D eigenvalue weighted by Crippen LogP contribution is -2.22. The van der Waals surface area contributed by atoms with Gasteiger partial charge in [0, 0.05) is 18.4 Å². The highest BCUT2D eigenvalue weighted by Gasteiger charge is 2.13. The summed E-state index contributed by atoms with van der Waals surface area (Å²) in [5.74, 6) is 0.388. The van der Waals surface area contributed by atoms with E-state index in [-0.39, 0.29) is 5.82 Å². The van der Waals surface area contributed by atoms with Gasteiger partial charge >= 0.3 is 0 Å². The van der Waals surface area contributed by atoms with Gasteiger partial charge in [-0.05, 0) is 49.4 Å². The second-order valence-electron chi connectivity index (χ2n) is 4.08. The highest BCUT2D eigenvalue weighted by atomic mass is 35.5. The average molecular weight is 280 g/mol. The van der Waals surface area contributed by atoms with Crippen molar-refractivity contribution in [3.05, 3.63) is 53.4 Å². The molecule has 0 spiro atoms. The molecule has 0 amide bonds. The number of hydrogen-bond donors (Lipinski definition) is 1. The topological polar surface area (TPSA) is 42.1 Å². The highest BCUT2D eigenvalue weighted by molar-refractivity contribution is 6.33. The first-order chi connectivity index (χ1) is 9.22. The molecule has 3 nitrogen and oxygen atoms in total. The van der Waals surface area contributed by atoms with Crippen LogP contribution in [0.4, 0.5) is 15.9 Å². The lowest BCUT2D eigenvalue weighted by atomic mass is 10.2. The molecule has 0 atom stereocenters. The Balaban J connectivity index is 2.35. The van der Waals surface area contributed by atoms with Crippen LogP contribution in [-0.2, 0) is 0 Å². The van der Waals surface area contributed by atoms with Gasteiger partial charge in [0.2, 0.25) is 0 Å². The summed E-state index contributed by atoms with van der Waals surface area (Å²) >= 11 is 6.17. The van der Waals surface area contributed by atoms with Crippen molar-refractivity contribution in [3.8, 4) is 0 Å². The van der Waals surface area contributed by atoms with Crippen molar-refractivity contribution in [2.75, 3.05) is 18.0 Å². The van der Waals surface area contributed by atoms with E-state index in [2.05, 4.69) is 4.98 Å². The van der Waals surface area contributed by atoms with E-state index >= 15 is 0 Å². The zero-order valence-corrected chi connectivity index (χ0v) is 11.1. The molecule has 0 bridgehead atoms. The second kappa shape index (κ2) is 6.50. The second-order valence-corrected chi connectivity index (χ2v) is 4.49. The smallest absolute Gasteiger partial charge is 0.151 e. The van der Waals surface area contributed by atoms with Crippen molar-refractivity contribution in [1.82, 2.24) is 4.98 Å². The zero-order chi connectivity index (χ0) is 13.7. The maximum atomic E-state index is 13.0. The van der Waals surface area contributed by atoms with Gasteiger partial charge in [0.1, 0.15) is 5.82 Å². The van der Waals surface area contributed by atoms with Crippen molar-refractivity contribution >= 4 is 23.1 Å². The fraction of sp³-hybridized carbons (Fsp3) is 0.214. The summed E-state index contributed by atoms with van der Waals surface area (Å²) in [6, 6.07) is 9.80. The predicted molar refractivity (Wildman–Crippen MR) is 76.3 cm³/mol. The first-order valence-electron chi connectivity index (χ1n) is 6.06. The zero-order valence-electron chi connectivity index (χ0n) is 10.4. The molecule has 2 aromatic rings. The number of rotatable bonds is 5. The fourth-order valence-corrected chi connectivity index (χ4v) is 2.03. The third-order valence-electron chi connectivity index (χ3n) is 2.72.